The summed E-state index contributed by atoms with van der Waals surface area (Å²) in [6.45, 7) is 1.93. The molecule has 110 valence electrons. The summed E-state index contributed by atoms with van der Waals surface area (Å²) in [5.41, 5.74) is 14.0. The minimum absolute atomic E-state index is 0.205. The van der Waals surface area contributed by atoms with E-state index in [9.17, 15) is 4.79 Å². The number of hydrogen-bond acceptors (Lipinski definition) is 4. The number of aromatic nitrogens is 2. The molecule has 0 aliphatic rings. The monoisotopic (exact) mass is 286 g/mol. The Morgan fingerprint density at radius 3 is 2.52 bits per heavy atom. The first-order valence-electron chi connectivity index (χ1n) is 6.43. The summed E-state index contributed by atoms with van der Waals surface area (Å²) in [6.07, 6.45) is 1.68. The number of nitrogens with one attached hydrogen (secondary N) is 2. The Hall–Kier alpha value is -2.67. The minimum Gasteiger partial charge on any atom is -0.383 e. The molecule has 0 aliphatic heterocycles. The third kappa shape index (κ3) is 3.26. The van der Waals surface area contributed by atoms with E-state index in [1.807, 2.05) is 14.0 Å². The van der Waals surface area contributed by atoms with Gasteiger partial charge in [0, 0.05) is 25.4 Å². The van der Waals surface area contributed by atoms with Crippen LogP contribution in [0.25, 0.3) is 0 Å². The Morgan fingerprint density at radius 1 is 1.33 bits per heavy atom. The fourth-order valence-electron chi connectivity index (χ4n) is 1.82. The van der Waals surface area contributed by atoms with Crippen molar-refractivity contribution in [3.63, 3.8) is 0 Å². The van der Waals surface area contributed by atoms with E-state index in [4.69, 9.17) is 5.73 Å². The molecule has 0 fully saturated rings. The van der Waals surface area contributed by atoms with E-state index >= 15 is 0 Å². The molecule has 1 heterocycles. The zero-order valence-electron chi connectivity index (χ0n) is 12.2. The van der Waals surface area contributed by atoms with Crippen LogP contribution in [0.1, 0.15) is 21.6 Å². The van der Waals surface area contributed by atoms with Gasteiger partial charge in [-0.05, 0) is 31.2 Å². The summed E-state index contributed by atoms with van der Waals surface area (Å²) >= 11 is 0. The van der Waals surface area contributed by atoms with Gasteiger partial charge < -0.3 is 5.73 Å². The SMILES string of the molecule is CNNC(=O)c1ccc(N=C(N)c2cnn(C)c2C)cc1. The summed E-state index contributed by atoms with van der Waals surface area (Å²) in [6, 6.07) is 6.86. The number of amides is 1. The molecule has 7 nitrogen and oxygen atoms in total. The predicted octanol–water partition coefficient (Wildman–Crippen LogP) is 0.630. The molecule has 7 heteroatoms. The van der Waals surface area contributed by atoms with Crippen molar-refractivity contribution in [2.24, 2.45) is 17.8 Å². The van der Waals surface area contributed by atoms with Crippen LogP contribution in [0.4, 0.5) is 5.69 Å². The maximum absolute atomic E-state index is 11.6. The standard InChI is InChI=1S/C14H18N6O/c1-9-12(8-17-20(9)3)13(15)18-11-6-4-10(5-7-11)14(21)19-16-2/h4-8,16H,1-3H3,(H2,15,18)(H,19,21). The number of amidine groups is 1. The van der Waals surface area contributed by atoms with Gasteiger partial charge in [0.1, 0.15) is 5.84 Å². The van der Waals surface area contributed by atoms with Crippen LogP contribution >= 0.6 is 0 Å². The normalized spacial score (nSPS) is 11.5. The van der Waals surface area contributed by atoms with E-state index in [2.05, 4.69) is 20.9 Å². The van der Waals surface area contributed by atoms with Gasteiger partial charge in [0.05, 0.1) is 17.4 Å². The lowest BCUT2D eigenvalue weighted by molar-refractivity contribution is 0.0938. The fraction of sp³-hybridized carbons (Fsp3) is 0.214. The topological polar surface area (TPSA) is 97.3 Å². The van der Waals surface area contributed by atoms with Crippen molar-refractivity contribution >= 4 is 17.4 Å². The molecule has 0 spiro atoms. The molecule has 4 N–H and O–H groups in total. The molecule has 0 saturated heterocycles. The highest BCUT2D eigenvalue weighted by atomic mass is 16.2. The quantitative estimate of drug-likeness (QED) is 0.436. The largest absolute Gasteiger partial charge is 0.383 e. The van der Waals surface area contributed by atoms with Gasteiger partial charge in [0.15, 0.2) is 0 Å². The molecule has 1 amide bonds. The number of carbonyl (C=O) groups excluding carboxylic acids is 1. The van der Waals surface area contributed by atoms with Gasteiger partial charge in [-0.25, -0.2) is 10.4 Å². The van der Waals surface area contributed by atoms with Crippen molar-refractivity contribution in [1.29, 1.82) is 0 Å². The first-order valence-corrected chi connectivity index (χ1v) is 6.43. The van der Waals surface area contributed by atoms with Gasteiger partial charge in [0.2, 0.25) is 0 Å². The van der Waals surface area contributed by atoms with Crippen molar-refractivity contribution in [3.8, 4) is 0 Å². The van der Waals surface area contributed by atoms with E-state index in [1.165, 1.54) is 0 Å². The Morgan fingerprint density at radius 2 is 2.00 bits per heavy atom. The number of hydrogen-bond donors (Lipinski definition) is 3. The molecule has 0 radical (unpaired) electrons. The first kappa shape index (κ1) is 14.7. The number of benzene rings is 1. The Kier molecular flexibility index (Phi) is 4.34. The molecule has 0 aliphatic carbocycles. The van der Waals surface area contributed by atoms with Crippen LogP contribution in [-0.4, -0.2) is 28.6 Å². The number of aliphatic imine (C=N–C) groups is 1. The van der Waals surface area contributed by atoms with Crippen LogP contribution < -0.4 is 16.6 Å². The van der Waals surface area contributed by atoms with Gasteiger partial charge in [-0.15, -0.1) is 0 Å². The van der Waals surface area contributed by atoms with Gasteiger partial charge in [-0.1, -0.05) is 0 Å². The van der Waals surface area contributed by atoms with E-state index in [-0.39, 0.29) is 5.91 Å². The zero-order chi connectivity index (χ0) is 15.4. The van der Waals surface area contributed by atoms with Crippen molar-refractivity contribution in [3.05, 3.63) is 47.3 Å². The molecule has 21 heavy (non-hydrogen) atoms. The van der Waals surface area contributed by atoms with E-state index in [1.54, 1.807) is 42.2 Å². The number of carbonyl (C=O) groups is 1. The summed E-state index contributed by atoms with van der Waals surface area (Å²) in [4.78, 5) is 15.9. The van der Waals surface area contributed by atoms with Gasteiger partial charge in [-0.3, -0.25) is 14.9 Å². The van der Waals surface area contributed by atoms with Crippen molar-refractivity contribution in [2.75, 3.05) is 7.05 Å². The van der Waals surface area contributed by atoms with Crippen molar-refractivity contribution < 1.29 is 4.79 Å². The van der Waals surface area contributed by atoms with Crippen LogP contribution in [0.2, 0.25) is 0 Å². The number of nitrogens with zero attached hydrogens (tertiary/aromatic N) is 3. The number of rotatable bonds is 4. The lowest BCUT2D eigenvalue weighted by atomic mass is 10.2. The lowest BCUT2D eigenvalue weighted by Gasteiger charge is -2.04. The van der Waals surface area contributed by atoms with Gasteiger partial charge in [-0.2, -0.15) is 5.10 Å². The lowest BCUT2D eigenvalue weighted by Crippen LogP contribution is -2.33. The highest BCUT2D eigenvalue weighted by molar-refractivity contribution is 6.00. The first-order chi connectivity index (χ1) is 10.0. The maximum Gasteiger partial charge on any atom is 0.265 e. The number of aryl methyl sites for hydroxylation is 1. The molecule has 0 unspecified atom stereocenters. The summed E-state index contributed by atoms with van der Waals surface area (Å²) in [5, 5.41) is 4.13. The van der Waals surface area contributed by atoms with Crippen LogP contribution in [0.15, 0.2) is 35.5 Å². The second-order valence-corrected chi connectivity index (χ2v) is 4.52. The zero-order valence-corrected chi connectivity index (χ0v) is 12.2. The molecule has 0 atom stereocenters. The Balaban J connectivity index is 2.21. The number of nitrogens with two attached hydrogens (primary N) is 1. The average molecular weight is 286 g/mol. The van der Waals surface area contributed by atoms with Crippen LogP contribution in [0, 0.1) is 6.92 Å². The van der Waals surface area contributed by atoms with E-state index in [0.29, 0.717) is 17.1 Å². The molecule has 1 aromatic heterocycles. The van der Waals surface area contributed by atoms with E-state index in [0.717, 1.165) is 11.3 Å². The van der Waals surface area contributed by atoms with Crippen molar-refractivity contribution in [1.82, 2.24) is 20.6 Å². The van der Waals surface area contributed by atoms with Crippen LogP contribution in [0.3, 0.4) is 0 Å². The maximum atomic E-state index is 11.6. The summed E-state index contributed by atoms with van der Waals surface area (Å²) in [5.74, 6) is 0.192. The molecule has 0 saturated carbocycles. The summed E-state index contributed by atoms with van der Waals surface area (Å²) in [7, 11) is 3.48. The third-order valence-corrected chi connectivity index (χ3v) is 3.13. The van der Waals surface area contributed by atoms with Crippen molar-refractivity contribution in [2.45, 2.75) is 6.92 Å². The Bertz CT molecular complexity index is 671. The Labute approximate surface area is 122 Å². The van der Waals surface area contributed by atoms with E-state index < -0.39 is 0 Å². The predicted molar refractivity (Wildman–Crippen MR) is 81.3 cm³/mol. The molecule has 2 rings (SSSR count). The van der Waals surface area contributed by atoms with Gasteiger partial charge >= 0.3 is 0 Å². The fourth-order valence-corrected chi connectivity index (χ4v) is 1.82. The summed E-state index contributed by atoms with van der Waals surface area (Å²) < 4.78 is 1.74. The second-order valence-electron chi connectivity index (χ2n) is 4.52. The third-order valence-electron chi connectivity index (χ3n) is 3.13. The highest BCUT2D eigenvalue weighted by Crippen LogP contribution is 2.15. The smallest absolute Gasteiger partial charge is 0.265 e. The van der Waals surface area contributed by atoms with Crippen LogP contribution in [0.5, 0.6) is 0 Å². The number of hydrazine groups is 1. The molecular weight excluding hydrogens is 268 g/mol. The molecular formula is C14H18N6O. The second kappa shape index (κ2) is 6.19. The average Bonchev–Trinajstić information content (AvgIpc) is 2.80. The minimum atomic E-state index is -0.205. The molecule has 2 aromatic rings. The molecule has 0 bridgehead atoms. The highest BCUT2D eigenvalue weighted by Gasteiger charge is 2.08. The van der Waals surface area contributed by atoms with Crippen LogP contribution in [-0.2, 0) is 7.05 Å². The molecule has 1 aromatic carbocycles. The van der Waals surface area contributed by atoms with Gasteiger partial charge in [0.25, 0.3) is 5.91 Å².